The summed E-state index contributed by atoms with van der Waals surface area (Å²) in [6.07, 6.45) is 0. The van der Waals surface area contributed by atoms with Crippen LogP contribution in [0.5, 0.6) is 0 Å². The molecule has 1 heterocycles. The zero-order chi connectivity index (χ0) is 20.3. The second-order valence-electron chi connectivity index (χ2n) is 7.11. The number of hydrogen-bond donors (Lipinski definition) is 2. The third-order valence-electron chi connectivity index (χ3n) is 5.09. The van der Waals surface area contributed by atoms with Gasteiger partial charge in [-0.15, -0.1) is 0 Å². The van der Waals surface area contributed by atoms with Gasteiger partial charge in [0, 0.05) is 5.69 Å². The number of anilines is 1. The fraction of sp³-hybridized carbons (Fsp3) is 0.350. The molecular weight excluding hydrogens is 398 g/mol. The van der Waals surface area contributed by atoms with E-state index in [1.54, 1.807) is 18.2 Å². The van der Waals surface area contributed by atoms with Crippen LogP contribution in [0.15, 0.2) is 47.4 Å². The van der Waals surface area contributed by atoms with Crippen molar-refractivity contribution in [3.8, 4) is 0 Å². The number of benzene rings is 2. The predicted octanol–water partition coefficient (Wildman–Crippen LogP) is 1.48. The van der Waals surface area contributed by atoms with E-state index in [1.165, 1.54) is 15.9 Å². The van der Waals surface area contributed by atoms with Crippen LogP contribution in [-0.2, 0) is 14.8 Å². The molecule has 2 aromatic rings. The average molecular weight is 423 g/mol. The quantitative estimate of drug-likeness (QED) is 0.766. The fourth-order valence-electron chi connectivity index (χ4n) is 3.26. The molecule has 1 aliphatic heterocycles. The monoisotopic (exact) mass is 422 g/mol. The van der Waals surface area contributed by atoms with Gasteiger partial charge >= 0.3 is 0 Å². The summed E-state index contributed by atoms with van der Waals surface area (Å²) in [5.41, 5.74) is 3.09. The molecular formula is C20H25ClN3O3S+. The molecule has 0 unspecified atom stereocenters. The highest BCUT2D eigenvalue weighted by molar-refractivity contribution is 7.89. The molecule has 28 heavy (non-hydrogen) atoms. The SMILES string of the molecule is Cc1ccc(NC(=O)C[NH+]2CCN(S(=O)(=O)c3ccccc3Cl)CC2)cc1C. The van der Waals surface area contributed by atoms with Crippen molar-refractivity contribution in [1.82, 2.24) is 4.31 Å². The van der Waals surface area contributed by atoms with Gasteiger partial charge in [0.25, 0.3) is 5.91 Å². The Morgan fingerprint density at radius 3 is 2.43 bits per heavy atom. The Morgan fingerprint density at radius 1 is 1.11 bits per heavy atom. The molecule has 0 spiro atoms. The van der Waals surface area contributed by atoms with Gasteiger partial charge in [0.05, 0.1) is 31.2 Å². The smallest absolute Gasteiger partial charge is 0.279 e. The number of carbonyl (C=O) groups is 1. The summed E-state index contributed by atoms with van der Waals surface area (Å²) in [6.45, 7) is 6.22. The molecule has 2 aromatic carbocycles. The van der Waals surface area contributed by atoms with Crippen molar-refractivity contribution in [2.75, 3.05) is 38.0 Å². The number of quaternary nitrogens is 1. The molecule has 3 rings (SSSR count). The molecule has 0 bridgehead atoms. The molecule has 8 heteroatoms. The minimum atomic E-state index is -3.61. The highest BCUT2D eigenvalue weighted by atomic mass is 35.5. The van der Waals surface area contributed by atoms with Crippen LogP contribution < -0.4 is 10.2 Å². The van der Waals surface area contributed by atoms with Crippen molar-refractivity contribution in [3.63, 3.8) is 0 Å². The van der Waals surface area contributed by atoms with Crippen LogP contribution in [0.1, 0.15) is 11.1 Å². The average Bonchev–Trinajstić information content (AvgIpc) is 2.65. The van der Waals surface area contributed by atoms with Gasteiger partial charge in [0.2, 0.25) is 10.0 Å². The molecule has 1 fully saturated rings. The molecule has 150 valence electrons. The Morgan fingerprint density at radius 2 is 1.79 bits per heavy atom. The lowest BCUT2D eigenvalue weighted by Gasteiger charge is -2.31. The van der Waals surface area contributed by atoms with Gasteiger partial charge in [0.15, 0.2) is 6.54 Å². The first kappa shape index (κ1) is 20.8. The van der Waals surface area contributed by atoms with E-state index in [0.717, 1.165) is 16.2 Å². The maximum absolute atomic E-state index is 12.8. The van der Waals surface area contributed by atoms with Gasteiger partial charge in [-0.05, 0) is 49.2 Å². The number of nitrogens with one attached hydrogen (secondary N) is 2. The van der Waals surface area contributed by atoms with Gasteiger partial charge in [-0.1, -0.05) is 29.8 Å². The van der Waals surface area contributed by atoms with E-state index in [-0.39, 0.29) is 15.8 Å². The number of sulfonamides is 1. The number of hydrogen-bond acceptors (Lipinski definition) is 3. The Labute approximate surface area is 171 Å². The summed E-state index contributed by atoms with van der Waals surface area (Å²) in [4.78, 5) is 13.5. The molecule has 0 saturated carbocycles. The van der Waals surface area contributed by atoms with Crippen LogP contribution in [0.2, 0.25) is 5.02 Å². The third kappa shape index (κ3) is 4.72. The van der Waals surface area contributed by atoms with Crippen LogP contribution >= 0.6 is 11.6 Å². The molecule has 0 aliphatic carbocycles. The minimum absolute atomic E-state index is 0.0688. The third-order valence-corrected chi connectivity index (χ3v) is 7.48. The fourth-order valence-corrected chi connectivity index (χ4v) is 5.20. The van der Waals surface area contributed by atoms with Gasteiger partial charge in [-0.3, -0.25) is 4.79 Å². The van der Waals surface area contributed by atoms with E-state index in [4.69, 9.17) is 11.6 Å². The molecule has 1 aliphatic rings. The zero-order valence-corrected chi connectivity index (χ0v) is 17.6. The summed E-state index contributed by atoms with van der Waals surface area (Å²) in [7, 11) is -3.61. The topological polar surface area (TPSA) is 70.9 Å². The predicted molar refractivity (Wildman–Crippen MR) is 110 cm³/mol. The molecule has 6 nitrogen and oxygen atoms in total. The Hall–Kier alpha value is -1.93. The van der Waals surface area contributed by atoms with Gasteiger partial charge in [-0.2, -0.15) is 4.31 Å². The van der Waals surface area contributed by atoms with E-state index in [1.807, 2.05) is 32.0 Å². The van der Waals surface area contributed by atoms with Gasteiger partial charge in [-0.25, -0.2) is 8.42 Å². The summed E-state index contributed by atoms with van der Waals surface area (Å²) in [6, 6.07) is 12.3. The molecule has 2 N–H and O–H groups in total. The Balaban J connectivity index is 1.56. The van der Waals surface area contributed by atoms with Gasteiger partial charge in [0.1, 0.15) is 4.90 Å². The summed E-state index contributed by atoms with van der Waals surface area (Å²) >= 11 is 6.06. The number of aryl methyl sites for hydroxylation is 2. The van der Waals surface area contributed by atoms with Crippen LogP contribution in [0.3, 0.4) is 0 Å². The lowest BCUT2D eigenvalue weighted by molar-refractivity contribution is -0.895. The zero-order valence-electron chi connectivity index (χ0n) is 16.0. The maximum atomic E-state index is 12.8. The number of halogens is 1. The van der Waals surface area contributed by atoms with Crippen LogP contribution in [0.25, 0.3) is 0 Å². The number of rotatable bonds is 5. The van der Waals surface area contributed by atoms with Crippen molar-refractivity contribution in [3.05, 3.63) is 58.6 Å². The van der Waals surface area contributed by atoms with Crippen molar-refractivity contribution in [2.24, 2.45) is 0 Å². The maximum Gasteiger partial charge on any atom is 0.279 e. The Bertz CT molecular complexity index is 970. The summed E-state index contributed by atoms with van der Waals surface area (Å²) < 4.78 is 27.0. The number of nitrogens with zero attached hydrogens (tertiary/aromatic N) is 1. The lowest BCUT2D eigenvalue weighted by Crippen LogP contribution is -3.15. The Kier molecular flexibility index (Phi) is 6.40. The lowest BCUT2D eigenvalue weighted by atomic mass is 10.1. The highest BCUT2D eigenvalue weighted by Gasteiger charge is 2.32. The molecule has 1 saturated heterocycles. The molecule has 0 radical (unpaired) electrons. The van der Waals surface area contributed by atoms with E-state index >= 15 is 0 Å². The largest absolute Gasteiger partial charge is 0.325 e. The van der Waals surface area contributed by atoms with Crippen LogP contribution in [0, 0.1) is 13.8 Å². The molecule has 1 amide bonds. The molecule has 0 atom stereocenters. The van der Waals surface area contributed by atoms with E-state index < -0.39 is 10.0 Å². The van der Waals surface area contributed by atoms with Crippen LogP contribution in [-0.4, -0.2) is 51.4 Å². The van der Waals surface area contributed by atoms with Crippen molar-refractivity contribution in [1.29, 1.82) is 0 Å². The first-order valence-electron chi connectivity index (χ1n) is 9.23. The van der Waals surface area contributed by atoms with E-state index in [0.29, 0.717) is 32.7 Å². The van der Waals surface area contributed by atoms with Crippen LogP contribution in [0.4, 0.5) is 5.69 Å². The molecule has 0 aromatic heterocycles. The first-order valence-corrected chi connectivity index (χ1v) is 11.0. The first-order chi connectivity index (χ1) is 13.3. The van der Waals surface area contributed by atoms with E-state index in [2.05, 4.69) is 5.32 Å². The second kappa shape index (κ2) is 8.61. The number of amides is 1. The second-order valence-corrected chi connectivity index (χ2v) is 9.42. The normalized spacial score (nSPS) is 16.1. The van der Waals surface area contributed by atoms with Gasteiger partial charge < -0.3 is 10.2 Å². The van der Waals surface area contributed by atoms with Crippen molar-refractivity contribution < 1.29 is 18.1 Å². The van der Waals surface area contributed by atoms with Crippen molar-refractivity contribution in [2.45, 2.75) is 18.7 Å². The standard InChI is InChI=1S/C20H24ClN3O3S/c1-15-7-8-17(13-16(15)2)22-20(25)14-23-9-11-24(12-10-23)28(26,27)19-6-4-3-5-18(19)21/h3-8,13H,9-12,14H2,1-2H3,(H,22,25)/p+1. The number of carbonyl (C=O) groups excluding carboxylic acids is 1. The number of piperazine rings is 1. The van der Waals surface area contributed by atoms with Crippen molar-refractivity contribution >= 4 is 33.2 Å². The summed E-state index contributed by atoms with van der Waals surface area (Å²) in [5, 5.41) is 3.15. The minimum Gasteiger partial charge on any atom is -0.325 e. The summed E-state index contributed by atoms with van der Waals surface area (Å²) in [5.74, 6) is -0.0688. The van der Waals surface area contributed by atoms with E-state index in [9.17, 15) is 13.2 Å². The highest BCUT2D eigenvalue weighted by Crippen LogP contribution is 2.24.